The van der Waals surface area contributed by atoms with E-state index in [1.807, 2.05) is 19.1 Å². The van der Waals surface area contributed by atoms with E-state index >= 15 is 0 Å². The quantitative estimate of drug-likeness (QED) is 0.351. The van der Waals surface area contributed by atoms with Gasteiger partial charge in [0.15, 0.2) is 0 Å². The molecule has 2 aromatic heterocycles. The van der Waals surface area contributed by atoms with Crippen molar-refractivity contribution in [2.45, 2.75) is 26.4 Å². The zero-order valence-corrected chi connectivity index (χ0v) is 18.6. The highest BCUT2D eigenvalue weighted by molar-refractivity contribution is 5.89. The van der Waals surface area contributed by atoms with E-state index in [1.165, 1.54) is 6.26 Å². The molecule has 0 unspecified atom stereocenters. The summed E-state index contributed by atoms with van der Waals surface area (Å²) in [5, 5.41) is 0.402. The van der Waals surface area contributed by atoms with Gasteiger partial charge in [0, 0.05) is 6.54 Å². The minimum Gasteiger partial charge on any atom is -0.478 e. The second kappa shape index (κ2) is 9.44. The molecule has 0 saturated carbocycles. The lowest BCUT2D eigenvalue weighted by Crippen LogP contribution is -2.31. The molecule has 174 valence electrons. The van der Waals surface area contributed by atoms with Crippen LogP contribution in [-0.2, 0) is 17.8 Å². The van der Waals surface area contributed by atoms with Gasteiger partial charge in [-0.15, -0.1) is 0 Å². The number of carbonyl (C=O) groups excluding carboxylic acids is 1. The van der Waals surface area contributed by atoms with Gasteiger partial charge in [0.1, 0.15) is 35.8 Å². The van der Waals surface area contributed by atoms with Crippen molar-refractivity contribution in [3.05, 3.63) is 88.2 Å². The Kier molecular flexibility index (Phi) is 6.05. The standard InChI is InChI=1S/C26H23NO7/c1-2-11-31-26(29)17-5-7-18(8-6-17)34-23-15-32-25-20(24(23)28)9-10-22-21(25)14-27(16-33-22)13-19-4-3-12-30-19/h3-10,12,15H,2,11,13-14,16H2,1H3. The average molecular weight is 461 g/mol. The molecule has 2 aromatic carbocycles. The molecule has 0 saturated heterocycles. The minimum absolute atomic E-state index is 0.0536. The van der Waals surface area contributed by atoms with E-state index in [4.69, 9.17) is 23.0 Å². The van der Waals surface area contributed by atoms with Gasteiger partial charge < -0.3 is 23.0 Å². The predicted octanol–water partition coefficient (Wildman–Crippen LogP) is 5.10. The van der Waals surface area contributed by atoms with E-state index in [1.54, 1.807) is 42.7 Å². The van der Waals surface area contributed by atoms with Crippen molar-refractivity contribution < 1.29 is 27.8 Å². The molecule has 8 heteroatoms. The van der Waals surface area contributed by atoms with E-state index in [0.29, 0.717) is 54.5 Å². The fourth-order valence-corrected chi connectivity index (χ4v) is 3.80. The van der Waals surface area contributed by atoms with Crippen molar-refractivity contribution in [2.75, 3.05) is 13.3 Å². The molecule has 4 aromatic rings. The SMILES string of the molecule is CCCOC(=O)c1ccc(Oc2coc3c4c(ccc3c2=O)OCN(Cc2ccco2)C4)cc1. The van der Waals surface area contributed by atoms with Crippen LogP contribution in [0.25, 0.3) is 11.0 Å². The van der Waals surface area contributed by atoms with Gasteiger partial charge in [0.25, 0.3) is 0 Å². The van der Waals surface area contributed by atoms with Crippen LogP contribution in [-0.4, -0.2) is 24.2 Å². The lowest BCUT2D eigenvalue weighted by atomic mass is 10.1. The van der Waals surface area contributed by atoms with Crippen LogP contribution in [0.15, 0.2) is 74.7 Å². The predicted molar refractivity (Wildman–Crippen MR) is 123 cm³/mol. The Bertz CT molecular complexity index is 1360. The first-order chi connectivity index (χ1) is 16.6. The molecule has 0 amide bonds. The van der Waals surface area contributed by atoms with Crippen molar-refractivity contribution in [3.8, 4) is 17.2 Å². The first-order valence-corrected chi connectivity index (χ1v) is 11.0. The zero-order chi connectivity index (χ0) is 23.5. The van der Waals surface area contributed by atoms with Crippen LogP contribution in [0.3, 0.4) is 0 Å². The van der Waals surface area contributed by atoms with E-state index in [9.17, 15) is 9.59 Å². The van der Waals surface area contributed by atoms with Crippen molar-refractivity contribution >= 4 is 16.9 Å². The molecule has 0 radical (unpaired) electrons. The summed E-state index contributed by atoms with van der Waals surface area (Å²) in [5.74, 6) is 1.58. The molecule has 0 atom stereocenters. The molecule has 0 bridgehead atoms. The van der Waals surface area contributed by atoms with Crippen LogP contribution < -0.4 is 14.9 Å². The molecule has 1 aliphatic heterocycles. The van der Waals surface area contributed by atoms with Crippen LogP contribution in [0.4, 0.5) is 0 Å². The second-order valence-corrected chi connectivity index (χ2v) is 7.95. The molecule has 1 aliphatic rings. The third-order valence-corrected chi connectivity index (χ3v) is 5.47. The number of nitrogens with zero attached hydrogens (tertiary/aromatic N) is 1. The van der Waals surface area contributed by atoms with Gasteiger partial charge in [-0.25, -0.2) is 4.79 Å². The number of rotatable bonds is 7. The number of fused-ring (bicyclic) bond motifs is 3. The van der Waals surface area contributed by atoms with Crippen molar-refractivity contribution in [3.63, 3.8) is 0 Å². The van der Waals surface area contributed by atoms with E-state index < -0.39 is 5.97 Å². The van der Waals surface area contributed by atoms with E-state index in [-0.39, 0.29) is 11.2 Å². The molecular weight excluding hydrogens is 438 g/mol. The lowest BCUT2D eigenvalue weighted by molar-refractivity contribution is 0.0505. The maximum absolute atomic E-state index is 13.1. The largest absolute Gasteiger partial charge is 0.478 e. The van der Waals surface area contributed by atoms with Crippen molar-refractivity contribution in [1.82, 2.24) is 4.90 Å². The molecule has 34 heavy (non-hydrogen) atoms. The Labute approximate surface area is 195 Å². The van der Waals surface area contributed by atoms with Gasteiger partial charge in [-0.05, 0) is 55.0 Å². The number of esters is 1. The summed E-state index contributed by atoms with van der Waals surface area (Å²) >= 11 is 0. The average Bonchev–Trinajstić information content (AvgIpc) is 3.37. The van der Waals surface area contributed by atoms with Gasteiger partial charge >= 0.3 is 5.97 Å². The van der Waals surface area contributed by atoms with Crippen LogP contribution in [0.1, 0.15) is 35.0 Å². The van der Waals surface area contributed by atoms with Gasteiger partial charge in [0.05, 0.1) is 35.9 Å². The van der Waals surface area contributed by atoms with Crippen LogP contribution >= 0.6 is 0 Å². The normalized spacial score (nSPS) is 13.3. The first kappa shape index (κ1) is 21.8. The highest BCUT2D eigenvalue weighted by atomic mass is 16.5. The Balaban J connectivity index is 1.37. The monoisotopic (exact) mass is 461 g/mol. The lowest BCUT2D eigenvalue weighted by Gasteiger charge is -2.28. The zero-order valence-electron chi connectivity index (χ0n) is 18.6. The summed E-state index contributed by atoms with van der Waals surface area (Å²) in [6.07, 6.45) is 3.69. The Morgan fingerprint density at radius 3 is 2.71 bits per heavy atom. The smallest absolute Gasteiger partial charge is 0.338 e. The number of furan rings is 1. The fraction of sp³-hybridized carbons (Fsp3) is 0.231. The summed E-state index contributed by atoms with van der Waals surface area (Å²) < 4.78 is 28.0. The highest BCUT2D eigenvalue weighted by Crippen LogP contribution is 2.33. The molecule has 5 rings (SSSR count). The highest BCUT2D eigenvalue weighted by Gasteiger charge is 2.23. The van der Waals surface area contributed by atoms with Crippen LogP contribution in [0, 0.1) is 0 Å². The number of benzene rings is 2. The molecule has 8 nitrogen and oxygen atoms in total. The topological polar surface area (TPSA) is 91.4 Å². The maximum Gasteiger partial charge on any atom is 0.338 e. The maximum atomic E-state index is 13.1. The molecule has 0 spiro atoms. The third-order valence-electron chi connectivity index (χ3n) is 5.47. The van der Waals surface area contributed by atoms with Gasteiger partial charge in [-0.3, -0.25) is 9.69 Å². The molecule has 0 N–H and O–H groups in total. The second-order valence-electron chi connectivity index (χ2n) is 7.95. The van der Waals surface area contributed by atoms with Crippen LogP contribution in [0.2, 0.25) is 0 Å². The minimum atomic E-state index is -0.397. The fourth-order valence-electron chi connectivity index (χ4n) is 3.80. The first-order valence-electron chi connectivity index (χ1n) is 11.0. The number of hydrogen-bond donors (Lipinski definition) is 0. The summed E-state index contributed by atoms with van der Waals surface area (Å²) in [4.78, 5) is 27.1. The van der Waals surface area contributed by atoms with Gasteiger partial charge in [0.2, 0.25) is 11.2 Å². The van der Waals surface area contributed by atoms with E-state index in [0.717, 1.165) is 17.7 Å². The van der Waals surface area contributed by atoms with Gasteiger partial charge in [-0.2, -0.15) is 0 Å². The van der Waals surface area contributed by atoms with Gasteiger partial charge in [-0.1, -0.05) is 6.92 Å². The summed E-state index contributed by atoms with van der Waals surface area (Å²) in [5.41, 5.74) is 1.39. The number of hydrogen-bond acceptors (Lipinski definition) is 8. The third kappa shape index (κ3) is 4.40. The summed E-state index contributed by atoms with van der Waals surface area (Å²) in [6.45, 7) is 3.83. The Hall–Kier alpha value is -4.04. The molecular formula is C26H23NO7. The molecule has 0 fully saturated rings. The number of ether oxygens (including phenoxy) is 3. The summed E-state index contributed by atoms with van der Waals surface area (Å²) in [6, 6.07) is 13.6. The Morgan fingerprint density at radius 1 is 1.09 bits per heavy atom. The van der Waals surface area contributed by atoms with Crippen molar-refractivity contribution in [1.29, 1.82) is 0 Å². The van der Waals surface area contributed by atoms with E-state index in [2.05, 4.69) is 4.90 Å². The van der Waals surface area contributed by atoms with Crippen molar-refractivity contribution in [2.24, 2.45) is 0 Å². The summed E-state index contributed by atoms with van der Waals surface area (Å²) in [7, 11) is 0. The number of carbonyl (C=O) groups is 1. The van der Waals surface area contributed by atoms with Crippen LogP contribution in [0.5, 0.6) is 17.2 Å². The molecule has 3 heterocycles. The molecule has 0 aliphatic carbocycles. The Morgan fingerprint density at radius 2 is 1.94 bits per heavy atom.